The lowest BCUT2D eigenvalue weighted by Gasteiger charge is -2.11. The van der Waals surface area contributed by atoms with Crippen molar-refractivity contribution in [2.45, 2.75) is 32.2 Å². The van der Waals surface area contributed by atoms with Gasteiger partial charge in [0.05, 0.1) is 5.02 Å². The molecule has 0 aliphatic heterocycles. The van der Waals surface area contributed by atoms with Crippen molar-refractivity contribution in [3.05, 3.63) is 34.6 Å². The molecule has 92 valence electrons. The number of benzene rings is 1. The van der Waals surface area contributed by atoms with E-state index in [-0.39, 0.29) is 23.4 Å². The molecule has 4 heteroatoms. The van der Waals surface area contributed by atoms with E-state index in [1.165, 1.54) is 6.07 Å². The van der Waals surface area contributed by atoms with E-state index in [1.54, 1.807) is 12.1 Å². The first kappa shape index (κ1) is 12.4. The van der Waals surface area contributed by atoms with Crippen LogP contribution in [0.15, 0.2) is 18.2 Å². The highest BCUT2D eigenvalue weighted by atomic mass is 35.5. The third-order valence-electron chi connectivity index (χ3n) is 3.21. The van der Waals surface area contributed by atoms with Gasteiger partial charge >= 0.3 is 0 Å². The summed E-state index contributed by atoms with van der Waals surface area (Å²) in [6.45, 7) is 0.210. The van der Waals surface area contributed by atoms with Crippen molar-refractivity contribution in [2.24, 2.45) is 5.92 Å². The van der Waals surface area contributed by atoms with Crippen LogP contribution >= 0.6 is 11.6 Å². The van der Waals surface area contributed by atoms with Crippen LogP contribution in [0.4, 0.5) is 4.39 Å². The van der Waals surface area contributed by atoms with Crippen LogP contribution in [0.1, 0.15) is 31.2 Å². The molecule has 2 rings (SSSR count). The fraction of sp³-hybridized carbons (Fsp3) is 0.462. The van der Waals surface area contributed by atoms with E-state index in [4.69, 9.17) is 11.6 Å². The maximum atomic E-state index is 13.5. The highest BCUT2D eigenvalue weighted by Crippen LogP contribution is 2.25. The number of carbonyl (C=O) groups is 1. The zero-order chi connectivity index (χ0) is 12.3. The van der Waals surface area contributed by atoms with Gasteiger partial charge in [0, 0.05) is 18.0 Å². The van der Waals surface area contributed by atoms with Gasteiger partial charge in [-0.3, -0.25) is 4.79 Å². The van der Waals surface area contributed by atoms with Crippen molar-refractivity contribution >= 4 is 17.5 Å². The summed E-state index contributed by atoms with van der Waals surface area (Å²) < 4.78 is 13.5. The Morgan fingerprint density at radius 1 is 1.41 bits per heavy atom. The Hall–Kier alpha value is -1.09. The summed E-state index contributed by atoms with van der Waals surface area (Å²) in [5.74, 6) is -0.306. The van der Waals surface area contributed by atoms with E-state index < -0.39 is 5.82 Å². The Morgan fingerprint density at radius 2 is 2.12 bits per heavy atom. The Kier molecular flexibility index (Phi) is 4.00. The van der Waals surface area contributed by atoms with Gasteiger partial charge in [0.15, 0.2) is 0 Å². The second-order valence-electron chi connectivity index (χ2n) is 4.41. The van der Waals surface area contributed by atoms with Crippen LogP contribution in [-0.2, 0) is 11.3 Å². The second-order valence-corrected chi connectivity index (χ2v) is 4.82. The van der Waals surface area contributed by atoms with Crippen LogP contribution < -0.4 is 5.32 Å². The SMILES string of the molecule is O=C(NCc1cccc(Cl)c1F)C1CCCC1. The van der Waals surface area contributed by atoms with Crippen molar-refractivity contribution in [2.75, 3.05) is 0 Å². The fourth-order valence-electron chi connectivity index (χ4n) is 2.20. The fourth-order valence-corrected chi connectivity index (χ4v) is 2.39. The molecule has 1 aromatic rings. The second kappa shape index (κ2) is 5.50. The minimum absolute atomic E-state index is 0.0295. The lowest BCUT2D eigenvalue weighted by molar-refractivity contribution is -0.124. The number of rotatable bonds is 3. The van der Waals surface area contributed by atoms with E-state index >= 15 is 0 Å². The third kappa shape index (κ3) is 2.97. The zero-order valence-electron chi connectivity index (χ0n) is 9.51. The molecule has 1 amide bonds. The highest BCUT2D eigenvalue weighted by Gasteiger charge is 2.22. The van der Waals surface area contributed by atoms with Gasteiger partial charge in [0.1, 0.15) is 5.82 Å². The lowest BCUT2D eigenvalue weighted by atomic mass is 10.1. The van der Waals surface area contributed by atoms with Crippen LogP contribution in [0.25, 0.3) is 0 Å². The van der Waals surface area contributed by atoms with Gasteiger partial charge in [-0.1, -0.05) is 36.6 Å². The average Bonchev–Trinajstić information content (AvgIpc) is 2.84. The summed E-state index contributed by atoms with van der Waals surface area (Å²) in [6, 6.07) is 4.82. The maximum absolute atomic E-state index is 13.5. The molecule has 1 aliphatic carbocycles. The third-order valence-corrected chi connectivity index (χ3v) is 3.50. The Balaban J connectivity index is 1.93. The van der Waals surface area contributed by atoms with Crippen molar-refractivity contribution < 1.29 is 9.18 Å². The molecular formula is C13H15ClFNO. The molecule has 0 saturated heterocycles. The molecule has 17 heavy (non-hydrogen) atoms. The molecule has 0 radical (unpaired) electrons. The molecule has 1 aliphatic rings. The average molecular weight is 256 g/mol. The summed E-state index contributed by atoms with van der Waals surface area (Å²) in [5.41, 5.74) is 0.434. The number of amides is 1. The van der Waals surface area contributed by atoms with E-state index in [2.05, 4.69) is 5.32 Å². The molecule has 0 atom stereocenters. The Bertz CT molecular complexity index is 416. The smallest absolute Gasteiger partial charge is 0.223 e. The van der Waals surface area contributed by atoms with Gasteiger partial charge in [-0.05, 0) is 18.9 Å². The summed E-state index contributed by atoms with van der Waals surface area (Å²) in [7, 11) is 0. The molecule has 0 aromatic heterocycles. The number of nitrogens with one attached hydrogen (secondary N) is 1. The van der Waals surface area contributed by atoms with Crippen molar-refractivity contribution in [1.82, 2.24) is 5.32 Å². The molecule has 0 heterocycles. The van der Waals surface area contributed by atoms with E-state index in [9.17, 15) is 9.18 Å². The topological polar surface area (TPSA) is 29.1 Å². The number of hydrogen-bond acceptors (Lipinski definition) is 1. The first-order valence-corrected chi connectivity index (χ1v) is 6.27. The molecule has 1 saturated carbocycles. The Labute approximate surface area is 105 Å². The molecule has 1 fully saturated rings. The van der Waals surface area contributed by atoms with Crippen LogP contribution in [0.2, 0.25) is 5.02 Å². The standard InChI is InChI=1S/C13H15ClFNO/c14-11-7-3-6-10(12(11)15)8-16-13(17)9-4-1-2-5-9/h3,6-7,9H,1-2,4-5,8H2,(H,16,17). The van der Waals surface area contributed by atoms with E-state index in [0.717, 1.165) is 25.7 Å². The van der Waals surface area contributed by atoms with Gasteiger partial charge in [-0.25, -0.2) is 4.39 Å². The molecule has 0 unspecified atom stereocenters. The van der Waals surface area contributed by atoms with Crippen LogP contribution in [0.5, 0.6) is 0 Å². The van der Waals surface area contributed by atoms with Crippen LogP contribution in [0.3, 0.4) is 0 Å². The van der Waals surface area contributed by atoms with E-state index in [1.807, 2.05) is 0 Å². The lowest BCUT2D eigenvalue weighted by Crippen LogP contribution is -2.29. The molecular weight excluding hydrogens is 241 g/mol. The highest BCUT2D eigenvalue weighted by molar-refractivity contribution is 6.30. The predicted molar refractivity (Wildman–Crippen MR) is 65.2 cm³/mol. The van der Waals surface area contributed by atoms with Gasteiger partial charge in [0.2, 0.25) is 5.91 Å². The summed E-state index contributed by atoms with van der Waals surface area (Å²) in [5, 5.41) is 2.87. The predicted octanol–water partition coefficient (Wildman–Crippen LogP) is 3.29. The van der Waals surface area contributed by atoms with Gasteiger partial charge < -0.3 is 5.32 Å². The van der Waals surface area contributed by atoms with Crippen molar-refractivity contribution in [3.8, 4) is 0 Å². The largest absolute Gasteiger partial charge is 0.352 e. The molecule has 1 N–H and O–H groups in total. The number of halogens is 2. The minimum atomic E-state index is -0.444. The summed E-state index contributed by atoms with van der Waals surface area (Å²) in [6.07, 6.45) is 4.13. The monoisotopic (exact) mass is 255 g/mol. The maximum Gasteiger partial charge on any atom is 0.223 e. The molecule has 0 spiro atoms. The number of hydrogen-bond donors (Lipinski definition) is 1. The molecule has 0 bridgehead atoms. The van der Waals surface area contributed by atoms with Crippen molar-refractivity contribution in [1.29, 1.82) is 0 Å². The van der Waals surface area contributed by atoms with Crippen LogP contribution in [-0.4, -0.2) is 5.91 Å². The molecule has 2 nitrogen and oxygen atoms in total. The van der Waals surface area contributed by atoms with Gasteiger partial charge in [-0.15, -0.1) is 0 Å². The first-order chi connectivity index (χ1) is 8.18. The van der Waals surface area contributed by atoms with Gasteiger partial charge in [-0.2, -0.15) is 0 Å². The van der Waals surface area contributed by atoms with Crippen molar-refractivity contribution in [3.63, 3.8) is 0 Å². The van der Waals surface area contributed by atoms with Crippen LogP contribution in [0, 0.1) is 11.7 Å². The molecule has 1 aromatic carbocycles. The van der Waals surface area contributed by atoms with E-state index in [0.29, 0.717) is 5.56 Å². The minimum Gasteiger partial charge on any atom is -0.352 e. The normalized spacial score (nSPS) is 16.1. The quantitative estimate of drug-likeness (QED) is 0.882. The number of carbonyl (C=O) groups excluding carboxylic acids is 1. The van der Waals surface area contributed by atoms with Gasteiger partial charge in [0.25, 0.3) is 0 Å². The summed E-state index contributed by atoms with van der Waals surface area (Å²) >= 11 is 5.67. The Morgan fingerprint density at radius 3 is 2.82 bits per heavy atom. The summed E-state index contributed by atoms with van der Waals surface area (Å²) in [4.78, 5) is 11.7. The first-order valence-electron chi connectivity index (χ1n) is 5.89. The zero-order valence-corrected chi connectivity index (χ0v) is 10.3.